The molecule has 138 valence electrons. The Balaban J connectivity index is 2.21. The van der Waals surface area contributed by atoms with Gasteiger partial charge in [-0.15, -0.1) is 0 Å². The highest BCUT2D eigenvalue weighted by Crippen LogP contribution is 2.36. The zero-order chi connectivity index (χ0) is 19.6. The molecule has 2 aromatic heterocycles. The van der Waals surface area contributed by atoms with Crippen LogP contribution in [0.2, 0.25) is 5.02 Å². The summed E-state index contributed by atoms with van der Waals surface area (Å²) >= 11 is 5.82. The number of hydrogen-bond donors (Lipinski definition) is 0. The van der Waals surface area contributed by atoms with Gasteiger partial charge < -0.3 is 4.74 Å². The summed E-state index contributed by atoms with van der Waals surface area (Å²) in [7, 11) is 0. The van der Waals surface area contributed by atoms with Crippen LogP contribution in [-0.4, -0.2) is 22.4 Å². The van der Waals surface area contributed by atoms with Crippen LogP contribution < -0.4 is 4.74 Å². The summed E-state index contributed by atoms with van der Waals surface area (Å²) in [6.07, 6.45) is 2.97. The summed E-state index contributed by atoms with van der Waals surface area (Å²) in [6, 6.07) is 6.62. The molecule has 0 amide bonds. The molecule has 0 atom stereocenters. The first-order valence-electron chi connectivity index (χ1n) is 8.16. The number of pyridine rings is 2. The summed E-state index contributed by atoms with van der Waals surface area (Å²) in [5.41, 5.74) is 1.07. The van der Waals surface area contributed by atoms with Gasteiger partial charge in [0, 0.05) is 29.6 Å². The predicted molar refractivity (Wildman–Crippen MR) is 98.2 cm³/mol. The van der Waals surface area contributed by atoms with Gasteiger partial charge >= 0.3 is 0 Å². The lowest BCUT2D eigenvalue weighted by Gasteiger charge is -2.15. The monoisotopic (exact) mass is 388 g/mol. The number of carbonyl (C=O) groups excluding carboxylic acids is 1. The van der Waals surface area contributed by atoms with E-state index in [0.29, 0.717) is 29.5 Å². The Hall–Kier alpha value is -2.86. The maximum atomic E-state index is 14.4. The minimum Gasteiger partial charge on any atom is -0.491 e. The SMILES string of the molecule is CCOc1c(C)cc(C(=O)c2cccnc2)nc1-c1cc(Cl)c(F)cc1F. The zero-order valence-electron chi connectivity index (χ0n) is 14.6. The van der Waals surface area contributed by atoms with Crippen molar-refractivity contribution in [2.45, 2.75) is 13.8 Å². The highest BCUT2D eigenvalue weighted by Gasteiger charge is 2.21. The van der Waals surface area contributed by atoms with E-state index in [1.165, 1.54) is 6.20 Å². The van der Waals surface area contributed by atoms with Crippen LogP contribution in [0, 0.1) is 18.6 Å². The van der Waals surface area contributed by atoms with Crippen LogP contribution in [0.5, 0.6) is 5.75 Å². The second-order valence-electron chi connectivity index (χ2n) is 5.75. The topological polar surface area (TPSA) is 52.1 Å². The second kappa shape index (κ2) is 7.80. The number of aryl methyl sites for hydroxylation is 1. The van der Waals surface area contributed by atoms with Crippen LogP contribution in [0.1, 0.15) is 28.5 Å². The molecular weight excluding hydrogens is 374 g/mol. The summed E-state index contributed by atoms with van der Waals surface area (Å²) < 4.78 is 33.6. The van der Waals surface area contributed by atoms with Gasteiger partial charge in [0.1, 0.15) is 28.8 Å². The van der Waals surface area contributed by atoms with Crippen molar-refractivity contribution in [1.82, 2.24) is 9.97 Å². The first kappa shape index (κ1) is 18.9. The number of halogens is 3. The van der Waals surface area contributed by atoms with E-state index in [-0.39, 0.29) is 27.8 Å². The molecule has 0 fully saturated rings. The van der Waals surface area contributed by atoms with Gasteiger partial charge in [0.05, 0.1) is 11.6 Å². The van der Waals surface area contributed by atoms with Gasteiger partial charge in [-0.2, -0.15) is 0 Å². The van der Waals surface area contributed by atoms with E-state index >= 15 is 0 Å². The van der Waals surface area contributed by atoms with Crippen LogP contribution >= 0.6 is 11.6 Å². The molecule has 3 rings (SSSR count). The molecular formula is C20H15ClF2N2O2. The normalized spacial score (nSPS) is 10.7. The molecule has 0 saturated carbocycles. The molecule has 0 aliphatic heterocycles. The Bertz CT molecular complexity index is 1010. The summed E-state index contributed by atoms with van der Waals surface area (Å²) in [6.45, 7) is 3.80. The van der Waals surface area contributed by atoms with Crippen LogP contribution in [0.3, 0.4) is 0 Å². The van der Waals surface area contributed by atoms with Gasteiger partial charge in [0.15, 0.2) is 0 Å². The first-order valence-corrected chi connectivity index (χ1v) is 8.54. The number of nitrogens with zero attached hydrogens (tertiary/aromatic N) is 2. The average molecular weight is 389 g/mol. The molecule has 0 saturated heterocycles. The number of ketones is 1. The fourth-order valence-corrected chi connectivity index (χ4v) is 2.80. The van der Waals surface area contributed by atoms with Crippen molar-refractivity contribution in [3.63, 3.8) is 0 Å². The largest absolute Gasteiger partial charge is 0.491 e. The Morgan fingerprint density at radius 2 is 2.00 bits per heavy atom. The first-order chi connectivity index (χ1) is 12.9. The third-order valence-corrected chi connectivity index (χ3v) is 4.16. The second-order valence-corrected chi connectivity index (χ2v) is 6.16. The number of benzene rings is 1. The Morgan fingerprint density at radius 3 is 2.67 bits per heavy atom. The average Bonchev–Trinajstić information content (AvgIpc) is 2.66. The Morgan fingerprint density at radius 1 is 1.22 bits per heavy atom. The van der Waals surface area contributed by atoms with Crippen molar-refractivity contribution in [3.8, 4) is 17.0 Å². The lowest BCUT2D eigenvalue weighted by atomic mass is 10.0. The molecule has 3 aromatic rings. The van der Waals surface area contributed by atoms with Crippen molar-refractivity contribution < 1.29 is 18.3 Å². The molecule has 27 heavy (non-hydrogen) atoms. The van der Waals surface area contributed by atoms with E-state index in [1.807, 2.05) is 0 Å². The molecule has 0 bridgehead atoms. The maximum absolute atomic E-state index is 14.4. The number of aromatic nitrogens is 2. The lowest BCUT2D eigenvalue weighted by Crippen LogP contribution is -2.09. The van der Waals surface area contributed by atoms with Gasteiger partial charge in [-0.05, 0) is 43.7 Å². The molecule has 0 aliphatic rings. The highest BCUT2D eigenvalue weighted by atomic mass is 35.5. The van der Waals surface area contributed by atoms with E-state index in [2.05, 4.69) is 9.97 Å². The van der Waals surface area contributed by atoms with Crippen molar-refractivity contribution in [1.29, 1.82) is 0 Å². The molecule has 4 nitrogen and oxygen atoms in total. The van der Waals surface area contributed by atoms with Crippen LogP contribution in [0.15, 0.2) is 42.7 Å². The minimum atomic E-state index is -0.879. The zero-order valence-corrected chi connectivity index (χ0v) is 15.3. The lowest BCUT2D eigenvalue weighted by molar-refractivity contribution is 0.103. The number of rotatable bonds is 5. The Kier molecular flexibility index (Phi) is 5.46. The molecule has 0 N–H and O–H groups in total. The van der Waals surface area contributed by atoms with Gasteiger partial charge in [0.25, 0.3) is 0 Å². The molecule has 0 spiro atoms. The van der Waals surface area contributed by atoms with E-state index in [0.717, 1.165) is 6.07 Å². The van der Waals surface area contributed by atoms with E-state index in [1.54, 1.807) is 38.2 Å². The summed E-state index contributed by atoms with van der Waals surface area (Å²) in [4.78, 5) is 21.0. The van der Waals surface area contributed by atoms with Crippen LogP contribution in [0.4, 0.5) is 8.78 Å². The van der Waals surface area contributed by atoms with Crippen molar-refractivity contribution >= 4 is 17.4 Å². The van der Waals surface area contributed by atoms with Gasteiger partial charge in [0.2, 0.25) is 5.78 Å². The fourth-order valence-electron chi connectivity index (χ4n) is 2.64. The van der Waals surface area contributed by atoms with Gasteiger partial charge in [-0.25, -0.2) is 13.8 Å². The standard InChI is InChI=1S/C20H15ClF2N2O2/c1-3-27-20-11(2)7-17(19(26)12-5-4-6-24-10-12)25-18(20)13-8-14(21)16(23)9-15(13)22/h4-10H,3H2,1-2H3. The van der Waals surface area contributed by atoms with Crippen molar-refractivity contribution in [2.24, 2.45) is 0 Å². The molecule has 0 radical (unpaired) electrons. The Labute approximate surface area is 159 Å². The fraction of sp³-hybridized carbons (Fsp3) is 0.150. The van der Waals surface area contributed by atoms with Crippen LogP contribution in [0.25, 0.3) is 11.3 Å². The third-order valence-electron chi connectivity index (χ3n) is 3.87. The molecule has 7 heteroatoms. The summed E-state index contributed by atoms with van der Waals surface area (Å²) in [5.74, 6) is -1.79. The molecule has 0 unspecified atom stereocenters. The quantitative estimate of drug-likeness (QED) is 0.455. The van der Waals surface area contributed by atoms with Gasteiger partial charge in [-0.1, -0.05) is 11.6 Å². The summed E-state index contributed by atoms with van der Waals surface area (Å²) in [5, 5.41) is -0.253. The van der Waals surface area contributed by atoms with E-state index in [9.17, 15) is 13.6 Å². The van der Waals surface area contributed by atoms with Crippen molar-refractivity contribution in [2.75, 3.05) is 6.61 Å². The highest BCUT2D eigenvalue weighted by molar-refractivity contribution is 6.31. The molecule has 2 heterocycles. The van der Waals surface area contributed by atoms with E-state index < -0.39 is 11.6 Å². The number of carbonyl (C=O) groups is 1. The molecule has 1 aromatic carbocycles. The number of ether oxygens (including phenoxy) is 1. The molecule has 0 aliphatic carbocycles. The smallest absolute Gasteiger partial charge is 0.212 e. The van der Waals surface area contributed by atoms with Gasteiger partial charge in [-0.3, -0.25) is 9.78 Å². The predicted octanol–water partition coefficient (Wildman–Crippen LogP) is 5.01. The van der Waals surface area contributed by atoms with E-state index in [4.69, 9.17) is 16.3 Å². The van der Waals surface area contributed by atoms with Crippen LogP contribution in [-0.2, 0) is 0 Å². The minimum absolute atomic E-state index is 0.0474. The van der Waals surface area contributed by atoms with Crippen molar-refractivity contribution in [3.05, 3.63) is 76.2 Å². The number of hydrogen-bond acceptors (Lipinski definition) is 4. The third kappa shape index (κ3) is 3.80. The maximum Gasteiger partial charge on any atom is 0.212 e.